The number of carbonyl (C=O) groups is 6. The summed E-state index contributed by atoms with van der Waals surface area (Å²) in [7, 11) is 5.34. The summed E-state index contributed by atoms with van der Waals surface area (Å²) in [6, 6.07) is 0. The fourth-order valence-electron chi connectivity index (χ4n) is 3.03. The number of hydrogen-bond donors (Lipinski definition) is 2. The molecule has 0 radical (unpaired) electrons. The highest BCUT2D eigenvalue weighted by molar-refractivity contribution is 8.15. The first-order valence-corrected chi connectivity index (χ1v) is 11.8. The van der Waals surface area contributed by atoms with Crippen molar-refractivity contribution in [3.8, 4) is 0 Å². The highest BCUT2D eigenvalue weighted by Gasteiger charge is 2.41. The van der Waals surface area contributed by atoms with Crippen LogP contribution in [0, 0.1) is 5.41 Å². The number of esters is 1. The summed E-state index contributed by atoms with van der Waals surface area (Å²) in [6.07, 6.45) is -4.31. The normalized spacial score (nSPS) is 19.6. The Morgan fingerprint density at radius 1 is 1.17 bits per heavy atom. The van der Waals surface area contributed by atoms with Gasteiger partial charge in [-0.15, -0.1) is 0 Å². The number of cyclic esters (lactones) is 1. The molecular formula is C21H33N3O10S. The van der Waals surface area contributed by atoms with Crippen molar-refractivity contribution in [3.63, 3.8) is 0 Å². The molecule has 0 aromatic carbocycles. The predicted octanol–water partition coefficient (Wildman–Crippen LogP) is -1.81. The first kappa shape index (κ1) is 30.2. The average Bonchev–Trinajstić information content (AvgIpc) is 2.71. The highest BCUT2D eigenvalue weighted by Crippen LogP contribution is 2.26. The summed E-state index contributed by atoms with van der Waals surface area (Å²) in [5.41, 5.74) is -1.32. The molecule has 1 aliphatic rings. The van der Waals surface area contributed by atoms with E-state index in [1.807, 2.05) is 0 Å². The lowest BCUT2D eigenvalue weighted by Gasteiger charge is -2.32. The van der Waals surface area contributed by atoms with E-state index in [1.54, 1.807) is 21.1 Å². The number of amides is 2. The van der Waals surface area contributed by atoms with Crippen molar-refractivity contribution < 1.29 is 52.6 Å². The summed E-state index contributed by atoms with van der Waals surface area (Å²) in [5.74, 6) is -3.64. The monoisotopic (exact) mass is 519 g/mol. The molecule has 1 fully saturated rings. The lowest BCUT2D eigenvalue weighted by atomic mass is 9.86. The van der Waals surface area contributed by atoms with Crippen LogP contribution < -0.4 is 15.7 Å². The average molecular weight is 520 g/mol. The molecule has 2 N–H and O–H groups in total. The molecule has 0 bridgehead atoms. The van der Waals surface area contributed by atoms with Crippen LogP contribution in [0.1, 0.15) is 26.7 Å². The molecule has 1 rings (SSSR count). The third-order valence-corrected chi connectivity index (χ3v) is 5.46. The van der Waals surface area contributed by atoms with E-state index in [4.69, 9.17) is 14.2 Å². The van der Waals surface area contributed by atoms with Crippen LogP contribution in [0.4, 0.5) is 4.79 Å². The van der Waals surface area contributed by atoms with Crippen LogP contribution in [-0.4, -0.2) is 105 Å². The van der Waals surface area contributed by atoms with Gasteiger partial charge in [-0.3, -0.25) is 14.4 Å². The van der Waals surface area contributed by atoms with E-state index in [0.29, 0.717) is 16.2 Å². The van der Waals surface area contributed by atoms with E-state index in [2.05, 4.69) is 10.6 Å². The van der Waals surface area contributed by atoms with Crippen LogP contribution in [-0.2, 0) is 38.2 Å². The minimum atomic E-state index is -1.54. The minimum absolute atomic E-state index is 0.0274. The number of aliphatic carboxylic acids is 1. The van der Waals surface area contributed by atoms with E-state index in [0.717, 1.165) is 0 Å². The van der Waals surface area contributed by atoms with Gasteiger partial charge >= 0.3 is 12.1 Å². The van der Waals surface area contributed by atoms with Gasteiger partial charge in [-0.2, -0.15) is 0 Å². The van der Waals surface area contributed by atoms with Crippen molar-refractivity contribution >= 4 is 46.8 Å². The maximum absolute atomic E-state index is 12.7. The standard InChI is InChI=1S/C21H33N3O10S/c1-21(2,12-32-20(31)33-13(10-15(26)27)11-24(3,4)5)16-17(28)23-7-6-14(25)22-8-9-35-19(30)18(29)34-16/h13,16H,6-12H2,1-5H3,(H2-,22,23,25,26,27,28)/t13-,16+/m1/s1. The lowest BCUT2D eigenvalue weighted by molar-refractivity contribution is -0.873. The van der Waals surface area contributed by atoms with Crippen LogP contribution in [0.2, 0.25) is 0 Å². The number of nitrogens with zero attached hydrogens (tertiary/aromatic N) is 1. The maximum atomic E-state index is 12.7. The van der Waals surface area contributed by atoms with Crippen LogP contribution >= 0.6 is 11.8 Å². The number of quaternary nitrogens is 1. The fourth-order valence-corrected chi connectivity index (χ4v) is 3.58. The number of ether oxygens (including phenoxy) is 3. The molecule has 13 nitrogen and oxygen atoms in total. The number of thioether (sulfide) groups is 1. The fraction of sp³-hybridized carbons (Fsp3) is 0.714. The number of nitrogens with one attached hydrogen (secondary N) is 2. The van der Waals surface area contributed by atoms with E-state index in [-0.39, 0.29) is 37.7 Å². The van der Waals surface area contributed by atoms with Crippen molar-refractivity contribution in [2.24, 2.45) is 5.41 Å². The smallest absolute Gasteiger partial charge is 0.508 e. The SMILES string of the molecule is CC(C)(COC(=O)O[C@H](CC(=O)[O-])C[N+](C)(C)C)[C@H]1OC(=O)C(=O)SCCNC(=O)CCNC1=O. The van der Waals surface area contributed by atoms with E-state index >= 15 is 0 Å². The second-order valence-corrected chi connectivity index (χ2v) is 10.7. The van der Waals surface area contributed by atoms with Crippen molar-refractivity contribution in [1.82, 2.24) is 10.6 Å². The maximum Gasteiger partial charge on any atom is 0.508 e. The van der Waals surface area contributed by atoms with Crippen LogP contribution in [0.3, 0.4) is 0 Å². The topological polar surface area (TPSA) is 177 Å². The van der Waals surface area contributed by atoms with Gasteiger partial charge in [-0.05, 0) is 0 Å². The number of carboxylic acids is 1. The Bertz CT molecular complexity index is 825. The van der Waals surface area contributed by atoms with Crippen molar-refractivity contribution in [3.05, 3.63) is 0 Å². The van der Waals surface area contributed by atoms with Gasteiger partial charge in [0.05, 0.1) is 21.1 Å². The van der Waals surface area contributed by atoms with Crippen molar-refractivity contribution in [2.75, 3.05) is 53.1 Å². The summed E-state index contributed by atoms with van der Waals surface area (Å²) in [4.78, 5) is 72.1. The Hall–Kier alpha value is -2.87. The zero-order chi connectivity index (χ0) is 26.8. The molecule has 0 aliphatic carbocycles. The van der Waals surface area contributed by atoms with Gasteiger partial charge in [-0.1, -0.05) is 25.6 Å². The van der Waals surface area contributed by atoms with Crippen molar-refractivity contribution in [1.29, 1.82) is 0 Å². The van der Waals surface area contributed by atoms with E-state index < -0.39 is 59.8 Å². The molecule has 0 saturated carbocycles. The zero-order valence-electron chi connectivity index (χ0n) is 20.5. The van der Waals surface area contributed by atoms with Crippen LogP contribution in [0.25, 0.3) is 0 Å². The Morgan fingerprint density at radius 2 is 1.83 bits per heavy atom. The predicted molar refractivity (Wildman–Crippen MR) is 121 cm³/mol. The number of likely N-dealkylation sites (N-methyl/N-ethyl adjacent to an activating group) is 1. The van der Waals surface area contributed by atoms with Crippen molar-refractivity contribution in [2.45, 2.75) is 38.9 Å². The van der Waals surface area contributed by atoms with Gasteiger partial charge < -0.3 is 39.2 Å². The molecular weight excluding hydrogens is 486 g/mol. The number of carbonyl (C=O) groups excluding carboxylic acids is 6. The summed E-state index contributed by atoms with van der Waals surface area (Å²) < 4.78 is 15.7. The van der Waals surface area contributed by atoms with Gasteiger partial charge in [0.1, 0.15) is 13.2 Å². The number of hydrogen-bond acceptors (Lipinski definition) is 11. The van der Waals surface area contributed by atoms with Crippen LogP contribution in [0.5, 0.6) is 0 Å². The van der Waals surface area contributed by atoms with Gasteiger partial charge in [-0.25, -0.2) is 9.59 Å². The van der Waals surface area contributed by atoms with Gasteiger partial charge in [0.25, 0.3) is 11.0 Å². The van der Waals surface area contributed by atoms with Crippen LogP contribution in [0.15, 0.2) is 0 Å². The molecule has 1 heterocycles. The molecule has 35 heavy (non-hydrogen) atoms. The number of rotatable bonds is 8. The zero-order valence-corrected chi connectivity index (χ0v) is 21.4. The number of carboxylic acid groups (broad SMARTS) is 1. The Labute approximate surface area is 207 Å². The minimum Gasteiger partial charge on any atom is -0.550 e. The molecule has 2 amide bonds. The third-order valence-electron chi connectivity index (χ3n) is 4.62. The Kier molecular flexibility index (Phi) is 11.4. The molecule has 1 aliphatic heterocycles. The Morgan fingerprint density at radius 3 is 2.43 bits per heavy atom. The lowest BCUT2D eigenvalue weighted by Crippen LogP contribution is -2.50. The second-order valence-electron chi connectivity index (χ2n) is 9.63. The molecule has 14 heteroatoms. The molecule has 0 aromatic heterocycles. The summed E-state index contributed by atoms with van der Waals surface area (Å²) in [5, 5.41) is 15.1. The molecule has 2 atom stereocenters. The van der Waals surface area contributed by atoms with Gasteiger partial charge in [0.2, 0.25) is 5.91 Å². The summed E-state index contributed by atoms with van der Waals surface area (Å²) in [6.45, 7) is 2.74. The molecule has 1 saturated heterocycles. The second kappa shape index (κ2) is 13.3. The first-order chi connectivity index (χ1) is 16.1. The van der Waals surface area contributed by atoms with Gasteiger partial charge in [0, 0.05) is 43.1 Å². The van der Waals surface area contributed by atoms with E-state index in [1.165, 1.54) is 13.8 Å². The third kappa shape index (κ3) is 11.9. The van der Waals surface area contributed by atoms with E-state index in [9.17, 15) is 33.9 Å². The largest absolute Gasteiger partial charge is 0.550 e. The Balaban J connectivity index is 2.92. The molecule has 0 aromatic rings. The van der Waals surface area contributed by atoms with Gasteiger partial charge in [0.15, 0.2) is 12.2 Å². The summed E-state index contributed by atoms with van der Waals surface area (Å²) >= 11 is 0.636. The molecule has 0 spiro atoms. The first-order valence-electron chi connectivity index (χ1n) is 10.9. The molecule has 198 valence electrons. The quantitative estimate of drug-likeness (QED) is 0.210. The molecule has 0 unspecified atom stereocenters. The highest BCUT2D eigenvalue weighted by atomic mass is 32.2.